The van der Waals surface area contributed by atoms with Gasteiger partial charge in [-0.05, 0) is 58.8 Å². The molecule has 8 nitrogen and oxygen atoms in total. The van der Waals surface area contributed by atoms with Gasteiger partial charge in [0, 0.05) is 54.8 Å². The van der Waals surface area contributed by atoms with Gasteiger partial charge in [-0.25, -0.2) is 18.0 Å². The van der Waals surface area contributed by atoms with Crippen molar-refractivity contribution >= 4 is 17.7 Å². The minimum atomic E-state index is -2.98. The molecule has 6 rings (SSSR count). The highest BCUT2D eigenvalue weighted by atomic mass is 19.3. The number of anilines is 1. The summed E-state index contributed by atoms with van der Waals surface area (Å²) < 4.78 is 48.5. The number of fused-ring (bicyclic) bond motifs is 1. The highest BCUT2D eigenvalue weighted by Gasteiger charge is 2.57. The zero-order valence-corrected chi connectivity index (χ0v) is 24.2. The van der Waals surface area contributed by atoms with E-state index in [2.05, 4.69) is 10.6 Å². The fraction of sp³-hybridized carbons (Fsp3) is 0.581. The Balaban J connectivity index is 1.21. The van der Waals surface area contributed by atoms with Crippen LogP contribution < -0.4 is 16.2 Å². The zero-order chi connectivity index (χ0) is 30.1. The van der Waals surface area contributed by atoms with Crippen molar-refractivity contribution in [3.63, 3.8) is 0 Å². The van der Waals surface area contributed by atoms with Crippen LogP contribution >= 0.6 is 0 Å². The van der Waals surface area contributed by atoms with Crippen LogP contribution in [-0.4, -0.2) is 46.2 Å². The number of pyridine rings is 1. The normalized spacial score (nSPS) is 27.0. The van der Waals surface area contributed by atoms with Gasteiger partial charge in [-0.2, -0.15) is 0 Å². The fourth-order valence-corrected chi connectivity index (χ4v) is 6.48. The summed E-state index contributed by atoms with van der Waals surface area (Å²) in [5.74, 6) is -0.211. The van der Waals surface area contributed by atoms with Crippen LogP contribution in [0.15, 0.2) is 35.3 Å². The molecule has 0 radical (unpaired) electrons. The van der Waals surface area contributed by atoms with Gasteiger partial charge in [-0.15, -0.1) is 0 Å². The average Bonchev–Trinajstić information content (AvgIpc) is 3.83. The van der Waals surface area contributed by atoms with Crippen LogP contribution in [0.5, 0.6) is 0 Å². The van der Waals surface area contributed by atoms with Crippen molar-refractivity contribution in [3.05, 3.63) is 63.3 Å². The van der Waals surface area contributed by atoms with Crippen molar-refractivity contribution in [2.24, 2.45) is 23.7 Å². The first-order valence-electron chi connectivity index (χ1n) is 14.7. The van der Waals surface area contributed by atoms with Crippen LogP contribution in [-0.2, 0) is 4.74 Å². The standard InChI is InChI=1S/C31H37F3N4O4/c1-15(17-6-5-7-18(26(17)32)28(33)34)35-29(40)22-14-38(24-10-19(24)16-8-9-16)25(39)11-23(22)36-27-20-12-37(13-21(20)27)30(41)42-31(2,3)4/h5-7,11,14-16,19-21,24,27-28,36H,8-10,12-13H2,1-4H3,(H,35,40)/t15-,19+,20-,21+,24-,27?/m1/s1. The lowest BCUT2D eigenvalue weighted by molar-refractivity contribution is 0.0272. The number of nitrogens with zero attached hydrogens (tertiary/aromatic N) is 2. The summed E-state index contributed by atoms with van der Waals surface area (Å²) in [4.78, 5) is 41.0. The molecule has 1 unspecified atom stereocenters. The van der Waals surface area contributed by atoms with Gasteiger partial charge in [0.25, 0.3) is 17.9 Å². The summed E-state index contributed by atoms with van der Waals surface area (Å²) in [6.07, 6.45) is 1.46. The van der Waals surface area contributed by atoms with Crippen molar-refractivity contribution in [3.8, 4) is 0 Å². The Labute approximate surface area is 242 Å². The van der Waals surface area contributed by atoms with E-state index in [4.69, 9.17) is 4.74 Å². The first-order chi connectivity index (χ1) is 19.8. The quantitative estimate of drug-likeness (QED) is 0.416. The topological polar surface area (TPSA) is 92.7 Å². The fourth-order valence-electron chi connectivity index (χ4n) is 6.48. The summed E-state index contributed by atoms with van der Waals surface area (Å²) in [7, 11) is 0. The molecular formula is C31H37F3N4O4. The van der Waals surface area contributed by atoms with Crippen LogP contribution in [0, 0.1) is 29.5 Å². The largest absolute Gasteiger partial charge is 0.444 e. The maximum absolute atomic E-state index is 14.8. The van der Waals surface area contributed by atoms with Crippen LogP contribution in [0.25, 0.3) is 0 Å². The Kier molecular flexibility index (Phi) is 7.05. The lowest BCUT2D eigenvalue weighted by atomic mass is 10.0. The third-order valence-corrected chi connectivity index (χ3v) is 8.99. The average molecular weight is 587 g/mol. The molecule has 226 valence electrons. The maximum atomic E-state index is 14.8. The number of carbonyl (C=O) groups excluding carboxylic acids is 2. The van der Waals surface area contributed by atoms with Crippen molar-refractivity contribution in [1.82, 2.24) is 14.8 Å². The third-order valence-electron chi connectivity index (χ3n) is 8.99. The summed E-state index contributed by atoms with van der Waals surface area (Å²) in [5.41, 5.74) is -0.942. The number of hydrogen-bond acceptors (Lipinski definition) is 5. The lowest BCUT2D eigenvalue weighted by Crippen LogP contribution is -2.38. The van der Waals surface area contributed by atoms with Crippen LogP contribution in [0.4, 0.5) is 23.7 Å². The minimum Gasteiger partial charge on any atom is -0.444 e. The molecule has 1 aromatic heterocycles. The Bertz CT molecular complexity index is 1460. The molecule has 0 spiro atoms. The molecule has 42 heavy (non-hydrogen) atoms. The molecule has 1 aliphatic heterocycles. The molecule has 0 bridgehead atoms. The summed E-state index contributed by atoms with van der Waals surface area (Å²) in [6.45, 7) is 8.02. The van der Waals surface area contributed by atoms with Crippen LogP contribution in [0.3, 0.4) is 0 Å². The molecule has 3 saturated carbocycles. The van der Waals surface area contributed by atoms with Gasteiger partial charge in [0.05, 0.1) is 22.9 Å². The second kappa shape index (κ2) is 10.3. The van der Waals surface area contributed by atoms with Crippen LogP contribution in [0.1, 0.15) is 87.0 Å². The van der Waals surface area contributed by atoms with Gasteiger partial charge in [-0.1, -0.05) is 18.2 Å². The molecular weight excluding hydrogens is 549 g/mol. The van der Waals surface area contributed by atoms with E-state index in [1.54, 1.807) is 15.7 Å². The maximum Gasteiger partial charge on any atom is 0.410 e. The first kappa shape index (κ1) is 28.6. The van der Waals surface area contributed by atoms with Crippen molar-refractivity contribution < 1.29 is 27.5 Å². The Morgan fingerprint density at radius 3 is 2.36 bits per heavy atom. The van der Waals surface area contributed by atoms with E-state index in [1.165, 1.54) is 25.1 Å². The monoisotopic (exact) mass is 586 g/mol. The van der Waals surface area contributed by atoms with Gasteiger partial charge in [0.15, 0.2) is 0 Å². The molecule has 4 aliphatic rings. The molecule has 1 aromatic carbocycles. The van der Waals surface area contributed by atoms with Crippen LogP contribution in [0.2, 0.25) is 0 Å². The SMILES string of the molecule is C[C@@H](NC(=O)c1cn([C@@H]2C[C@H]2C2CC2)c(=O)cc1NC1[C@H]2CN(C(=O)OC(C)(C)C)C[C@@H]12)c1cccc(C(F)F)c1F. The second-order valence-corrected chi connectivity index (χ2v) is 13.3. The molecule has 2 heterocycles. The summed E-state index contributed by atoms with van der Waals surface area (Å²) in [5, 5.41) is 6.12. The number of hydrogen-bond donors (Lipinski definition) is 2. The number of ether oxygens (including phenoxy) is 1. The predicted molar refractivity (Wildman–Crippen MR) is 150 cm³/mol. The molecule has 2 aromatic rings. The number of aromatic nitrogens is 1. The number of piperidine rings is 1. The predicted octanol–water partition coefficient (Wildman–Crippen LogP) is 5.66. The number of benzene rings is 1. The molecule has 3 aliphatic carbocycles. The number of likely N-dealkylation sites (tertiary alicyclic amines) is 1. The molecule has 2 N–H and O–H groups in total. The van der Waals surface area contributed by atoms with E-state index in [1.807, 2.05) is 20.8 Å². The van der Waals surface area contributed by atoms with E-state index in [0.29, 0.717) is 30.6 Å². The number of halogens is 3. The van der Waals surface area contributed by atoms with Crippen molar-refractivity contribution in [2.45, 2.75) is 77.1 Å². The Morgan fingerprint density at radius 1 is 1.07 bits per heavy atom. The molecule has 6 atom stereocenters. The number of alkyl halides is 2. The zero-order valence-electron chi connectivity index (χ0n) is 24.2. The van der Waals surface area contributed by atoms with Crippen molar-refractivity contribution in [2.75, 3.05) is 18.4 Å². The first-order valence-corrected chi connectivity index (χ1v) is 14.7. The number of amides is 2. The van der Waals surface area contributed by atoms with E-state index >= 15 is 0 Å². The highest BCUT2D eigenvalue weighted by molar-refractivity contribution is 5.99. The van der Waals surface area contributed by atoms with Gasteiger partial charge < -0.3 is 24.8 Å². The van der Waals surface area contributed by atoms with E-state index in [0.717, 1.165) is 25.3 Å². The molecule has 11 heteroatoms. The second-order valence-electron chi connectivity index (χ2n) is 13.3. The molecule has 1 saturated heterocycles. The number of carbonyl (C=O) groups is 2. The lowest BCUT2D eigenvalue weighted by Gasteiger charge is -2.26. The van der Waals surface area contributed by atoms with Gasteiger partial charge in [-0.3, -0.25) is 9.59 Å². The van der Waals surface area contributed by atoms with Crippen molar-refractivity contribution in [1.29, 1.82) is 0 Å². The van der Waals surface area contributed by atoms with Gasteiger partial charge >= 0.3 is 6.09 Å². The smallest absolute Gasteiger partial charge is 0.410 e. The summed E-state index contributed by atoms with van der Waals surface area (Å²) >= 11 is 0. The summed E-state index contributed by atoms with van der Waals surface area (Å²) in [6, 6.07) is 4.31. The number of nitrogens with one attached hydrogen (secondary N) is 2. The minimum absolute atomic E-state index is 0.0248. The Hall–Kier alpha value is -3.50. The highest BCUT2D eigenvalue weighted by Crippen LogP contribution is 2.56. The van der Waals surface area contributed by atoms with Gasteiger partial charge in [0.1, 0.15) is 11.4 Å². The number of rotatable bonds is 8. The van der Waals surface area contributed by atoms with E-state index in [-0.39, 0.29) is 46.7 Å². The van der Waals surface area contributed by atoms with E-state index in [9.17, 15) is 27.6 Å². The Morgan fingerprint density at radius 2 is 1.74 bits per heavy atom. The molecule has 4 fully saturated rings. The third kappa shape index (κ3) is 5.62. The van der Waals surface area contributed by atoms with E-state index < -0.39 is 35.4 Å². The van der Waals surface area contributed by atoms with Gasteiger partial charge in [0.2, 0.25) is 0 Å². The molecule has 2 amide bonds.